The molecule has 0 saturated heterocycles. The predicted molar refractivity (Wildman–Crippen MR) is 133 cm³/mol. The van der Waals surface area contributed by atoms with Gasteiger partial charge in [-0.05, 0) is 52.3 Å². The topological polar surface area (TPSA) is 9.23 Å². The van der Waals surface area contributed by atoms with Gasteiger partial charge in [0.05, 0.1) is 6.61 Å². The maximum absolute atomic E-state index is 5.57. The van der Waals surface area contributed by atoms with Gasteiger partial charge in [-0.25, -0.2) is 0 Å². The second kappa shape index (κ2) is 12.2. The van der Waals surface area contributed by atoms with Crippen LogP contribution in [-0.4, -0.2) is 21.8 Å². The highest BCUT2D eigenvalue weighted by molar-refractivity contribution is 6.90. The van der Waals surface area contributed by atoms with Gasteiger partial charge in [0.2, 0.25) is 0 Å². The highest BCUT2D eigenvalue weighted by Crippen LogP contribution is 2.41. The van der Waals surface area contributed by atoms with Gasteiger partial charge in [-0.2, -0.15) is 0 Å². The van der Waals surface area contributed by atoms with Crippen LogP contribution < -0.4 is 0 Å². The van der Waals surface area contributed by atoms with E-state index in [4.69, 9.17) is 4.74 Å². The van der Waals surface area contributed by atoms with Crippen LogP contribution in [0.25, 0.3) is 6.08 Å². The molecule has 0 heterocycles. The summed E-state index contributed by atoms with van der Waals surface area (Å²) in [6.45, 7) is 19.3. The van der Waals surface area contributed by atoms with Crippen molar-refractivity contribution in [2.75, 3.05) is 13.7 Å². The maximum Gasteiger partial charge on any atom is 0.146 e. The van der Waals surface area contributed by atoms with Crippen LogP contribution in [-0.2, 0) is 4.74 Å². The van der Waals surface area contributed by atoms with Crippen molar-refractivity contribution in [2.24, 2.45) is 0 Å². The number of benzene rings is 1. The third-order valence-electron chi connectivity index (χ3n) is 6.20. The molecule has 0 aliphatic rings. The van der Waals surface area contributed by atoms with Crippen molar-refractivity contribution in [3.63, 3.8) is 0 Å². The molecule has 1 nitrogen and oxygen atoms in total. The van der Waals surface area contributed by atoms with Crippen molar-refractivity contribution in [1.29, 1.82) is 0 Å². The molecule has 0 amide bonds. The van der Waals surface area contributed by atoms with Gasteiger partial charge in [-0.15, -0.1) is 5.54 Å². The average molecular weight is 411 g/mol. The number of hydrogen-bond acceptors (Lipinski definition) is 1. The smallest absolute Gasteiger partial charge is 0.146 e. The Morgan fingerprint density at radius 2 is 1.48 bits per heavy atom. The van der Waals surface area contributed by atoms with Gasteiger partial charge in [0.1, 0.15) is 8.07 Å². The summed E-state index contributed by atoms with van der Waals surface area (Å²) in [4.78, 5) is 0. The molecule has 0 aliphatic heterocycles. The standard InChI is InChI=1S/C27H42OSi/c1-10-25(17-18-29(21(3)4,22(5)6)23(7)8)27(11-2)26(20-28-9)19-24-15-13-12-14-16-24/h12-16,19,21-23H,10-11,20H2,1-9H3/b26-19+,27-25-. The van der Waals surface area contributed by atoms with E-state index in [1.807, 2.05) is 0 Å². The fourth-order valence-corrected chi connectivity index (χ4v) is 9.98. The minimum Gasteiger partial charge on any atom is -0.380 e. The fraction of sp³-hybridized carbons (Fsp3) is 0.556. The number of ether oxygens (including phenoxy) is 1. The first-order valence-electron chi connectivity index (χ1n) is 11.2. The molecule has 1 aromatic rings. The van der Waals surface area contributed by atoms with Gasteiger partial charge in [-0.3, -0.25) is 0 Å². The second-order valence-electron chi connectivity index (χ2n) is 8.82. The fourth-order valence-electron chi connectivity index (χ4n) is 4.75. The van der Waals surface area contributed by atoms with E-state index in [0.29, 0.717) is 23.2 Å². The SMILES string of the molecule is CC/C(C#C[Si](C(C)C)(C(C)C)C(C)C)=C(CC)/C(=C/c1ccccc1)COC. The summed E-state index contributed by atoms with van der Waals surface area (Å²) >= 11 is 0. The zero-order valence-electron chi connectivity index (χ0n) is 20.2. The van der Waals surface area contributed by atoms with Crippen LogP contribution in [0.2, 0.25) is 16.6 Å². The number of methoxy groups -OCH3 is 1. The Morgan fingerprint density at radius 1 is 0.931 bits per heavy atom. The Morgan fingerprint density at radius 3 is 1.90 bits per heavy atom. The maximum atomic E-state index is 5.57. The normalized spacial score (nSPS) is 13.6. The van der Waals surface area contributed by atoms with E-state index in [1.165, 1.54) is 22.3 Å². The molecule has 0 bridgehead atoms. The number of allylic oxidation sites excluding steroid dienone is 1. The van der Waals surface area contributed by atoms with E-state index in [1.54, 1.807) is 7.11 Å². The van der Waals surface area contributed by atoms with Gasteiger partial charge in [0, 0.05) is 12.7 Å². The van der Waals surface area contributed by atoms with Gasteiger partial charge in [0.15, 0.2) is 0 Å². The van der Waals surface area contributed by atoms with Gasteiger partial charge >= 0.3 is 0 Å². The van der Waals surface area contributed by atoms with Crippen LogP contribution in [0.3, 0.4) is 0 Å². The minimum absolute atomic E-state index is 0.615. The minimum atomic E-state index is -1.74. The summed E-state index contributed by atoms with van der Waals surface area (Å²) < 4.78 is 5.57. The van der Waals surface area contributed by atoms with Gasteiger partial charge < -0.3 is 4.74 Å². The van der Waals surface area contributed by atoms with Gasteiger partial charge in [-0.1, -0.05) is 91.6 Å². The summed E-state index contributed by atoms with van der Waals surface area (Å²) in [7, 11) is 0.0368. The van der Waals surface area contributed by atoms with Crippen molar-refractivity contribution >= 4 is 14.1 Å². The Bertz CT molecular complexity index is 720. The van der Waals surface area contributed by atoms with Crippen LogP contribution in [0.1, 0.15) is 73.8 Å². The van der Waals surface area contributed by atoms with Crippen LogP contribution in [0.4, 0.5) is 0 Å². The van der Waals surface area contributed by atoms with Crippen molar-refractivity contribution in [1.82, 2.24) is 0 Å². The van der Waals surface area contributed by atoms with Crippen molar-refractivity contribution < 1.29 is 4.74 Å². The molecule has 160 valence electrons. The molecule has 0 unspecified atom stereocenters. The first kappa shape index (κ1) is 25.5. The molecular weight excluding hydrogens is 368 g/mol. The molecule has 29 heavy (non-hydrogen) atoms. The zero-order chi connectivity index (χ0) is 22.0. The Kier molecular flexibility index (Phi) is 10.7. The van der Waals surface area contributed by atoms with Crippen molar-refractivity contribution in [2.45, 2.75) is 84.9 Å². The lowest BCUT2D eigenvalue weighted by Gasteiger charge is -2.38. The molecular formula is C27H42OSi. The van der Waals surface area contributed by atoms with E-state index < -0.39 is 8.07 Å². The van der Waals surface area contributed by atoms with Gasteiger partial charge in [0.25, 0.3) is 0 Å². The van der Waals surface area contributed by atoms with E-state index in [0.717, 1.165) is 12.8 Å². The summed E-state index contributed by atoms with van der Waals surface area (Å²) in [5.74, 6) is 3.73. The van der Waals surface area contributed by atoms with Crippen LogP contribution in [0.15, 0.2) is 47.1 Å². The van der Waals surface area contributed by atoms with E-state index in [-0.39, 0.29) is 0 Å². The molecule has 0 atom stereocenters. The summed E-state index contributed by atoms with van der Waals surface area (Å²) in [6.07, 6.45) is 4.20. The lowest BCUT2D eigenvalue weighted by atomic mass is 9.95. The van der Waals surface area contributed by atoms with E-state index in [2.05, 4.69) is 103 Å². The average Bonchev–Trinajstić information content (AvgIpc) is 2.67. The molecule has 0 aromatic heterocycles. The molecule has 0 spiro atoms. The van der Waals surface area contributed by atoms with E-state index in [9.17, 15) is 0 Å². The molecule has 2 heteroatoms. The molecule has 0 radical (unpaired) electrons. The number of rotatable bonds is 9. The summed E-state index contributed by atoms with van der Waals surface area (Å²) in [5.41, 5.74) is 11.0. The third kappa shape index (κ3) is 6.46. The molecule has 0 N–H and O–H groups in total. The molecule has 0 saturated carbocycles. The Balaban J connectivity index is 3.59. The Labute approximate surface area is 181 Å². The third-order valence-corrected chi connectivity index (χ3v) is 12.5. The molecule has 1 rings (SSSR count). The summed E-state index contributed by atoms with van der Waals surface area (Å²) in [6, 6.07) is 10.5. The van der Waals surface area contributed by atoms with Crippen LogP contribution in [0.5, 0.6) is 0 Å². The van der Waals surface area contributed by atoms with Crippen molar-refractivity contribution in [3.05, 3.63) is 52.6 Å². The molecule has 0 fully saturated rings. The first-order valence-corrected chi connectivity index (χ1v) is 13.5. The van der Waals surface area contributed by atoms with Crippen LogP contribution >= 0.6 is 0 Å². The van der Waals surface area contributed by atoms with E-state index >= 15 is 0 Å². The summed E-state index contributed by atoms with van der Waals surface area (Å²) in [5, 5.41) is 0. The monoisotopic (exact) mass is 410 g/mol. The lowest BCUT2D eigenvalue weighted by molar-refractivity contribution is 0.227. The Hall–Kier alpha value is -1.56. The lowest BCUT2D eigenvalue weighted by Crippen LogP contribution is -2.43. The predicted octanol–water partition coefficient (Wildman–Crippen LogP) is 8.05. The highest BCUT2D eigenvalue weighted by Gasteiger charge is 2.41. The molecule has 1 aromatic carbocycles. The number of hydrogen-bond donors (Lipinski definition) is 0. The first-order chi connectivity index (χ1) is 13.7. The second-order valence-corrected chi connectivity index (χ2v) is 14.4. The molecule has 0 aliphatic carbocycles. The zero-order valence-corrected chi connectivity index (χ0v) is 21.2. The quantitative estimate of drug-likeness (QED) is 0.227. The van der Waals surface area contributed by atoms with Crippen molar-refractivity contribution in [3.8, 4) is 11.5 Å². The highest BCUT2D eigenvalue weighted by atomic mass is 28.3. The van der Waals surface area contributed by atoms with Crippen LogP contribution in [0, 0.1) is 11.5 Å². The largest absolute Gasteiger partial charge is 0.380 e.